The number of amides is 2. The molecule has 3 aromatic rings. The van der Waals surface area contributed by atoms with E-state index in [1.807, 2.05) is 6.07 Å². The highest BCUT2D eigenvalue weighted by atomic mass is 19.4. The van der Waals surface area contributed by atoms with E-state index >= 15 is 0 Å². The minimum absolute atomic E-state index is 0.172. The van der Waals surface area contributed by atoms with Gasteiger partial charge < -0.3 is 20.4 Å². The molecule has 0 atom stereocenters. The number of rotatable bonds is 2. The van der Waals surface area contributed by atoms with Crippen molar-refractivity contribution in [2.24, 2.45) is 0 Å². The molecule has 0 bridgehead atoms. The van der Waals surface area contributed by atoms with Gasteiger partial charge >= 0.3 is 6.18 Å². The molecule has 12 heteroatoms. The van der Waals surface area contributed by atoms with E-state index in [0.717, 1.165) is 6.07 Å². The number of fused-ring (bicyclic) bond motifs is 2. The van der Waals surface area contributed by atoms with Crippen LogP contribution < -0.4 is 15.5 Å². The quantitative estimate of drug-likeness (QED) is 0.560. The summed E-state index contributed by atoms with van der Waals surface area (Å²) in [7, 11) is 0. The number of halogens is 3. The number of para-hydroxylation sites is 1. The van der Waals surface area contributed by atoms with Crippen LogP contribution in [0.25, 0.3) is 0 Å². The number of benzene rings is 2. The van der Waals surface area contributed by atoms with Crippen LogP contribution in [0.4, 0.5) is 36.2 Å². The lowest BCUT2D eigenvalue weighted by molar-refractivity contribution is -0.138. The number of nitrogens with zero attached hydrogens (tertiary/aromatic N) is 5. The highest BCUT2D eigenvalue weighted by molar-refractivity contribution is 6.12. The lowest BCUT2D eigenvalue weighted by Gasteiger charge is -2.35. The third-order valence-corrected chi connectivity index (χ3v) is 6.06. The van der Waals surface area contributed by atoms with Gasteiger partial charge in [-0.2, -0.15) is 18.4 Å². The molecule has 1 saturated heterocycles. The van der Waals surface area contributed by atoms with Crippen molar-refractivity contribution < 1.29 is 22.8 Å². The van der Waals surface area contributed by atoms with Gasteiger partial charge in [0.2, 0.25) is 0 Å². The molecule has 5 rings (SSSR count). The second-order valence-electron chi connectivity index (χ2n) is 8.21. The zero-order valence-electron chi connectivity index (χ0n) is 18.6. The van der Waals surface area contributed by atoms with E-state index in [1.165, 1.54) is 23.1 Å². The summed E-state index contributed by atoms with van der Waals surface area (Å²) in [6, 6.07) is 13.3. The number of nitriles is 1. The van der Waals surface area contributed by atoms with Crippen molar-refractivity contribution in [3.8, 4) is 6.07 Å². The summed E-state index contributed by atoms with van der Waals surface area (Å²) in [6.45, 7) is 0.929. The Balaban J connectivity index is 1.33. The number of anilines is 4. The van der Waals surface area contributed by atoms with Crippen molar-refractivity contribution in [3.63, 3.8) is 0 Å². The Kier molecular flexibility index (Phi) is 5.68. The molecule has 2 aromatic carbocycles. The smallest absolute Gasteiger partial charge is 0.352 e. The van der Waals surface area contributed by atoms with Crippen LogP contribution in [-0.4, -0.2) is 53.1 Å². The van der Waals surface area contributed by atoms with Gasteiger partial charge in [0.15, 0.2) is 11.6 Å². The van der Waals surface area contributed by atoms with Crippen LogP contribution in [0.3, 0.4) is 0 Å². The largest absolute Gasteiger partial charge is 0.417 e. The van der Waals surface area contributed by atoms with E-state index in [0.29, 0.717) is 35.8 Å². The fraction of sp³-hybridized carbons (Fsp3) is 0.208. The van der Waals surface area contributed by atoms with Crippen molar-refractivity contribution in [3.05, 3.63) is 70.8 Å². The molecule has 9 nitrogen and oxygen atoms in total. The summed E-state index contributed by atoms with van der Waals surface area (Å²) < 4.78 is 40.0. The van der Waals surface area contributed by atoms with E-state index in [-0.39, 0.29) is 30.0 Å². The highest BCUT2D eigenvalue weighted by Gasteiger charge is 2.36. The Bertz CT molecular complexity index is 1410. The molecule has 0 radical (unpaired) electrons. The Labute approximate surface area is 203 Å². The second-order valence-corrected chi connectivity index (χ2v) is 8.21. The Morgan fingerprint density at radius 2 is 1.75 bits per heavy atom. The molecule has 0 unspecified atom stereocenters. The van der Waals surface area contributed by atoms with Gasteiger partial charge in [-0.15, -0.1) is 10.2 Å². The van der Waals surface area contributed by atoms with Crippen molar-refractivity contribution in [2.75, 3.05) is 41.7 Å². The summed E-state index contributed by atoms with van der Waals surface area (Å²) in [5.41, 5.74) is 0.0145. The first-order valence-electron chi connectivity index (χ1n) is 11.0. The van der Waals surface area contributed by atoms with E-state index < -0.39 is 23.6 Å². The molecule has 2 N–H and O–H groups in total. The van der Waals surface area contributed by atoms with Crippen LogP contribution in [0, 0.1) is 11.3 Å². The molecule has 2 aliphatic rings. The number of piperazine rings is 1. The minimum Gasteiger partial charge on any atom is -0.352 e. The number of aromatic nitrogens is 2. The van der Waals surface area contributed by atoms with Crippen LogP contribution in [0.2, 0.25) is 0 Å². The molecule has 36 heavy (non-hydrogen) atoms. The molecule has 182 valence electrons. The Morgan fingerprint density at radius 3 is 2.47 bits per heavy atom. The molecule has 0 saturated carbocycles. The van der Waals surface area contributed by atoms with Crippen LogP contribution in [-0.2, 0) is 6.18 Å². The molecule has 3 heterocycles. The van der Waals surface area contributed by atoms with Gasteiger partial charge in [0.1, 0.15) is 6.07 Å². The van der Waals surface area contributed by atoms with Gasteiger partial charge in [-0.05, 0) is 30.3 Å². The van der Waals surface area contributed by atoms with Crippen LogP contribution in [0.5, 0.6) is 0 Å². The van der Waals surface area contributed by atoms with E-state index in [4.69, 9.17) is 0 Å². The fourth-order valence-corrected chi connectivity index (χ4v) is 4.22. The van der Waals surface area contributed by atoms with Crippen LogP contribution >= 0.6 is 0 Å². The van der Waals surface area contributed by atoms with Crippen molar-refractivity contribution in [1.82, 2.24) is 15.1 Å². The number of alkyl halides is 3. The van der Waals surface area contributed by atoms with Crippen molar-refractivity contribution in [2.45, 2.75) is 6.18 Å². The summed E-state index contributed by atoms with van der Waals surface area (Å²) >= 11 is 0. The van der Waals surface area contributed by atoms with E-state index in [2.05, 4.69) is 20.8 Å². The molecule has 1 fully saturated rings. The maximum absolute atomic E-state index is 13.3. The first-order chi connectivity index (χ1) is 17.3. The lowest BCUT2D eigenvalue weighted by atomic mass is 10.1. The first kappa shape index (κ1) is 23.1. The molecule has 2 aliphatic heterocycles. The van der Waals surface area contributed by atoms with Gasteiger partial charge in [0.05, 0.1) is 33.6 Å². The average molecular weight is 493 g/mol. The van der Waals surface area contributed by atoms with Crippen LogP contribution in [0.15, 0.2) is 48.5 Å². The normalized spacial score (nSPS) is 15.1. The third-order valence-electron chi connectivity index (χ3n) is 6.06. The number of carbonyl (C=O) groups is 2. The molecule has 0 spiro atoms. The van der Waals surface area contributed by atoms with Gasteiger partial charge in [0.25, 0.3) is 11.8 Å². The average Bonchev–Trinajstić information content (AvgIpc) is 3.03. The number of hydrogen-bond donors (Lipinski definition) is 2. The van der Waals surface area contributed by atoms with Gasteiger partial charge in [-0.1, -0.05) is 18.2 Å². The molecular formula is C24H18F3N7O2. The summed E-state index contributed by atoms with van der Waals surface area (Å²) in [5, 5.41) is 23.4. The number of hydrogen-bond acceptors (Lipinski definition) is 7. The predicted molar refractivity (Wildman–Crippen MR) is 124 cm³/mol. The first-order valence-corrected chi connectivity index (χ1v) is 11.0. The zero-order valence-corrected chi connectivity index (χ0v) is 18.6. The number of carbonyl (C=O) groups excluding carboxylic acids is 2. The molecule has 1 aromatic heterocycles. The van der Waals surface area contributed by atoms with E-state index in [9.17, 15) is 28.0 Å². The third kappa shape index (κ3) is 4.15. The van der Waals surface area contributed by atoms with Gasteiger partial charge in [0, 0.05) is 26.2 Å². The highest BCUT2D eigenvalue weighted by Crippen LogP contribution is 2.35. The molecular weight excluding hydrogens is 475 g/mol. The van der Waals surface area contributed by atoms with E-state index in [1.54, 1.807) is 29.2 Å². The summed E-state index contributed by atoms with van der Waals surface area (Å²) in [6.07, 6.45) is -4.63. The monoisotopic (exact) mass is 493 g/mol. The van der Waals surface area contributed by atoms with Crippen molar-refractivity contribution in [1.29, 1.82) is 5.26 Å². The standard InChI is InChI=1S/C24H18F3N7O2/c25-24(26,27)17-6-2-1-5-15(17)23(36)34-10-8-33(9-11-34)19-12-16-21(32-31-19)29-18-7-3-4-14(13-28)20(18)30-22(16)35/h1-7,12H,8-11H2,(H,29,32)(H,30,35). The summed E-state index contributed by atoms with van der Waals surface area (Å²) in [4.78, 5) is 28.9. The fourth-order valence-electron chi connectivity index (χ4n) is 4.22. The Hall–Kier alpha value is -4.66. The Morgan fingerprint density at radius 1 is 1.00 bits per heavy atom. The second kappa shape index (κ2) is 8.84. The SMILES string of the molecule is N#Cc1cccc2c1NC(=O)c1cc(N3CCN(C(=O)c4ccccc4C(F)(F)F)CC3)nnc1N2. The minimum atomic E-state index is -4.63. The van der Waals surface area contributed by atoms with Crippen LogP contribution in [0.1, 0.15) is 31.8 Å². The van der Waals surface area contributed by atoms with Gasteiger partial charge in [-0.3, -0.25) is 9.59 Å². The molecule has 0 aliphatic carbocycles. The van der Waals surface area contributed by atoms with Gasteiger partial charge in [-0.25, -0.2) is 0 Å². The number of nitrogens with one attached hydrogen (secondary N) is 2. The lowest BCUT2D eigenvalue weighted by Crippen LogP contribution is -2.49. The maximum atomic E-state index is 13.3. The predicted octanol–water partition coefficient (Wildman–Crippen LogP) is 3.64. The topological polar surface area (TPSA) is 114 Å². The zero-order chi connectivity index (χ0) is 25.4. The maximum Gasteiger partial charge on any atom is 0.417 e. The summed E-state index contributed by atoms with van der Waals surface area (Å²) in [5.74, 6) is -0.541. The molecule has 2 amide bonds. The van der Waals surface area contributed by atoms with Crippen molar-refractivity contribution >= 4 is 34.8 Å².